The van der Waals surface area contributed by atoms with Crippen molar-refractivity contribution in [2.75, 3.05) is 6.61 Å². The molecule has 15 heavy (non-hydrogen) atoms. The molecule has 0 fully saturated rings. The maximum absolute atomic E-state index is 11.5. The van der Waals surface area contributed by atoms with Crippen LogP contribution in [0.1, 0.15) is 20.3 Å². The van der Waals surface area contributed by atoms with E-state index in [0.29, 0.717) is 0 Å². The van der Waals surface area contributed by atoms with E-state index in [9.17, 15) is 9.59 Å². The van der Waals surface area contributed by atoms with Crippen LogP contribution >= 0.6 is 0 Å². The first-order chi connectivity index (χ1) is 6.93. The number of rotatable bonds is 6. The molecular weight excluding hydrogens is 198 g/mol. The molecule has 2 amide bonds. The predicted octanol–water partition coefficient (Wildman–Crippen LogP) is -1.68. The number of aliphatic hydroxyl groups is 1. The summed E-state index contributed by atoms with van der Waals surface area (Å²) in [6.07, 6.45) is 0.759. The second-order valence-corrected chi connectivity index (χ2v) is 3.56. The van der Waals surface area contributed by atoms with Gasteiger partial charge < -0.3 is 21.9 Å². The largest absolute Gasteiger partial charge is 0.394 e. The highest BCUT2D eigenvalue weighted by molar-refractivity contribution is 5.89. The molecule has 0 rings (SSSR count). The van der Waals surface area contributed by atoms with Crippen LogP contribution in [0, 0.1) is 5.92 Å². The van der Waals surface area contributed by atoms with Crippen molar-refractivity contribution >= 4 is 11.8 Å². The van der Waals surface area contributed by atoms with Gasteiger partial charge >= 0.3 is 0 Å². The second-order valence-electron chi connectivity index (χ2n) is 3.56. The number of nitrogens with two attached hydrogens (primary N) is 2. The number of primary amides is 1. The lowest BCUT2D eigenvalue weighted by molar-refractivity contribution is -0.129. The molecule has 0 radical (unpaired) electrons. The van der Waals surface area contributed by atoms with Crippen LogP contribution in [0.3, 0.4) is 0 Å². The van der Waals surface area contributed by atoms with Crippen LogP contribution in [0.4, 0.5) is 0 Å². The predicted molar refractivity (Wildman–Crippen MR) is 55.6 cm³/mol. The van der Waals surface area contributed by atoms with E-state index in [-0.39, 0.29) is 5.92 Å². The highest BCUT2D eigenvalue weighted by Crippen LogP contribution is 2.05. The Morgan fingerprint density at radius 2 is 2.00 bits per heavy atom. The Hall–Kier alpha value is -1.14. The minimum Gasteiger partial charge on any atom is -0.394 e. The number of amides is 2. The first kappa shape index (κ1) is 13.9. The van der Waals surface area contributed by atoms with Gasteiger partial charge in [-0.3, -0.25) is 9.59 Å². The van der Waals surface area contributed by atoms with E-state index in [1.165, 1.54) is 0 Å². The Labute approximate surface area is 89.0 Å². The summed E-state index contributed by atoms with van der Waals surface area (Å²) in [6.45, 7) is 3.23. The van der Waals surface area contributed by atoms with Crippen LogP contribution in [0.5, 0.6) is 0 Å². The van der Waals surface area contributed by atoms with Crippen LogP contribution in [0.2, 0.25) is 0 Å². The Balaban J connectivity index is 4.28. The van der Waals surface area contributed by atoms with E-state index in [1.54, 1.807) is 0 Å². The van der Waals surface area contributed by atoms with E-state index in [0.717, 1.165) is 6.42 Å². The number of nitrogens with one attached hydrogen (secondary N) is 1. The molecule has 0 aromatic carbocycles. The summed E-state index contributed by atoms with van der Waals surface area (Å²) < 4.78 is 0. The summed E-state index contributed by atoms with van der Waals surface area (Å²) >= 11 is 0. The third kappa shape index (κ3) is 4.26. The molecule has 6 heteroatoms. The van der Waals surface area contributed by atoms with Crippen molar-refractivity contribution in [3.63, 3.8) is 0 Å². The highest BCUT2D eigenvalue weighted by Gasteiger charge is 2.23. The molecule has 6 N–H and O–H groups in total. The summed E-state index contributed by atoms with van der Waals surface area (Å²) in [5, 5.41) is 11.1. The molecule has 0 aliphatic carbocycles. The quantitative estimate of drug-likeness (QED) is 0.425. The van der Waals surface area contributed by atoms with E-state index < -0.39 is 30.5 Å². The lowest BCUT2D eigenvalue weighted by Crippen LogP contribution is -2.53. The summed E-state index contributed by atoms with van der Waals surface area (Å²) in [6, 6.07) is -1.75. The molecule has 0 aromatic rings. The van der Waals surface area contributed by atoms with Crippen LogP contribution in [-0.2, 0) is 9.59 Å². The Bertz CT molecular complexity index is 233. The zero-order valence-corrected chi connectivity index (χ0v) is 9.06. The van der Waals surface area contributed by atoms with E-state index in [1.807, 2.05) is 13.8 Å². The monoisotopic (exact) mass is 217 g/mol. The lowest BCUT2D eigenvalue weighted by atomic mass is 9.99. The molecule has 0 saturated carbocycles. The summed E-state index contributed by atoms with van der Waals surface area (Å²) in [5.74, 6) is -1.23. The molecule has 0 aromatic heterocycles. The fourth-order valence-corrected chi connectivity index (χ4v) is 0.987. The van der Waals surface area contributed by atoms with Crippen LogP contribution in [0.25, 0.3) is 0 Å². The Kier molecular flexibility index (Phi) is 5.88. The number of aliphatic hydroxyl groups excluding tert-OH is 1. The molecule has 0 aliphatic heterocycles. The van der Waals surface area contributed by atoms with Crippen LogP contribution in [0.15, 0.2) is 0 Å². The fourth-order valence-electron chi connectivity index (χ4n) is 0.987. The average Bonchev–Trinajstić information content (AvgIpc) is 2.22. The van der Waals surface area contributed by atoms with Gasteiger partial charge in [0.15, 0.2) is 0 Å². The lowest BCUT2D eigenvalue weighted by Gasteiger charge is -2.20. The summed E-state index contributed by atoms with van der Waals surface area (Å²) in [4.78, 5) is 22.2. The van der Waals surface area contributed by atoms with Gasteiger partial charge in [-0.05, 0) is 5.92 Å². The van der Waals surface area contributed by atoms with Crippen molar-refractivity contribution in [2.45, 2.75) is 32.4 Å². The first-order valence-electron chi connectivity index (χ1n) is 4.90. The molecule has 0 unspecified atom stereocenters. The SMILES string of the molecule is CC[C@H](C)[C@@H](N)C(=O)N[C@@H](CO)C(N)=O. The zero-order valence-electron chi connectivity index (χ0n) is 9.06. The van der Waals surface area contributed by atoms with Gasteiger partial charge in [0, 0.05) is 0 Å². The van der Waals surface area contributed by atoms with E-state index in [4.69, 9.17) is 16.6 Å². The summed E-state index contributed by atoms with van der Waals surface area (Å²) in [5.41, 5.74) is 10.6. The second kappa shape index (κ2) is 6.36. The van der Waals surface area contributed by atoms with Gasteiger partial charge in [-0.1, -0.05) is 20.3 Å². The molecule has 6 nitrogen and oxygen atoms in total. The van der Waals surface area contributed by atoms with E-state index in [2.05, 4.69) is 5.32 Å². The van der Waals surface area contributed by atoms with Gasteiger partial charge in [0.05, 0.1) is 12.6 Å². The molecule has 0 spiro atoms. The van der Waals surface area contributed by atoms with Crippen molar-refractivity contribution in [3.8, 4) is 0 Å². The Morgan fingerprint density at radius 3 is 2.33 bits per heavy atom. The molecule has 0 aliphatic rings. The third-order valence-electron chi connectivity index (χ3n) is 2.40. The van der Waals surface area contributed by atoms with Crippen molar-refractivity contribution < 1.29 is 14.7 Å². The molecule has 0 saturated heterocycles. The van der Waals surface area contributed by atoms with Crippen molar-refractivity contribution in [2.24, 2.45) is 17.4 Å². The molecule has 3 atom stereocenters. The zero-order chi connectivity index (χ0) is 12.0. The van der Waals surface area contributed by atoms with Gasteiger partial charge in [0.25, 0.3) is 0 Å². The topological polar surface area (TPSA) is 118 Å². The van der Waals surface area contributed by atoms with Gasteiger partial charge in [0.2, 0.25) is 11.8 Å². The number of hydrogen-bond acceptors (Lipinski definition) is 4. The van der Waals surface area contributed by atoms with Crippen LogP contribution < -0.4 is 16.8 Å². The third-order valence-corrected chi connectivity index (χ3v) is 2.40. The first-order valence-corrected chi connectivity index (χ1v) is 4.90. The molecule has 0 heterocycles. The fraction of sp³-hybridized carbons (Fsp3) is 0.778. The van der Waals surface area contributed by atoms with Crippen molar-refractivity contribution in [3.05, 3.63) is 0 Å². The molecule has 0 bridgehead atoms. The molecular formula is C9H19N3O3. The number of carbonyl (C=O) groups is 2. The van der Waals surface area contributed by atoms with Gasteiger partial charge in [-0.15, -0.1) is 0 Å². The maximum atomic E-state index is 11.5. The molecule has 88 valence electrons. The summed E-state index contributed by atoms with van der Waals surface area (Å²) in [7, 11) is 0. The smallest absolute Gasteiger partial charge is 0.242 e. The highest BCUT2D eigenvalue weighted by atomic mass is 16.3. The Morgan fingerprint density at radius 1 is 1.47 bits per heavy atom. The average molecular weight is 217 g/mol. The maximum Gasteiger partial charge on any atom is 0.242 e. The minimum absolute atomic E-state index is 0.0113. The normalized spacial score (nSPS) is 16.5. The number of carbonyl (C=O) groups excluding carboxylic acids is 2. The number of hydrogen-bond donors (Lipinski definition) is 4. The van der Waals surface area contributed by atoms with E-state index >= 15 is 0 Å². The van der Waals surface area contributed by atoms with Crippen molar-refractivity contribution in [1.82, 2.24) is 5.32 Å². The minimum atomic E-state index is -1.06. The van der Waals surface area contributed by atoms with Gasteiger partial charge in [-0.2, -0.15) is 0 Å². The standard InChI is InChI=1S/C9H19N3O3/c1-3-5(2)7(10)9(15)12-6(4-13)8(11)14/h5-7,13H,3-4,10H2,1-2H3,(H2,11,14)(H,12,15)/t5-,6-,7+/m0/s1. The van der Waals surface area contributed by atoms with Crippen LogP contribution in [-0.4, -0.2) is 35.6 Å². The van der Waals surface area contributed by atoms with Crippen molar-refractivity contribution in [1.29, 1.82) is 0 Å². The van der Waals surface area contributed by atoms with Gasteiger partial charge in [-0.25, -0.2) is 0 Å². The van der Waals surface area contributed by atoms with Gasteiger partial charge in [0.1, 0.15) is 6.04 Å².